The SMILES string of the molecule is O=C1C(=O)N(c2nccs2)[C@H](c2ccc(F)cc2)C1=C(O)c1ccc(F)cc1. The number of halogens is 2. The second-order valence-corrected chi connectivity index (χ2v) is 6.92. The smallest absolute Gasteiger partial charge is 0.301 e. The van der Waals surface area contributed by atoms with Crippen LogP contribution in [0.15, 0.2) is 65.7 Å². The average molecular weight is 398 g/mol. The molecule has 1 atom stereocenters. The molecule has 1 aliphatic heterocycles. The van der Waals surface area contributed by atoms with Gasteiger partial charge in [-0.1, -0.05) is 12.1 Å². The minimum atomic E-state index is -0.989. The predicted molar refractivity (Wildman–Crippen MR) is 99.7 cm³/mol. The van der Waals surface area contributed by atoms with Crippen LogP contribution in [0.2, 0.25) is 0 Å². The van der Waals surface area contributed by atoms with Gasteiger partial charge in [-0.3, -0.25) is 14.5 Å². The van der Waals surface area contributed by atoms with Crippen LogP contribution >= 0.6 is 11.3 Å². The van der Waals surface area contributed by atoms with E-state index >= 15 is 0 Å². The van der Waals surface area contributed by atoms with Crippen molar-refractivity contribution in [3.8, 4) is 0 Å². The van der Waals surface area contributed by atoms with Gasteiger partial charge < -0.3 is 5.11 Å². The van der Waals surface area contributed by atoms with E-state index in [0.29, 0.717) is 5.56 Å². The fourth-order valence-corrected chi connectivity index (χ4v) is 3.76. The summed E-state index contributed by atoms with van der Waals surface area (Å²) < 4.78 is 26.6. The maximum Gasteiger partial charge on any atom is 0.301 e. The molecule has 0 spiro atoms. The molecular weight excluding hydrogens is 386 g/mol. The Balaban J connectivity index is 1.93. The highest BCUT2D eigenvalue weighted by molar-refractivity contribution is 7.14. The number of hydrogen-bond donors (Lipinski definition) is 1. The van der Waals surface area contributed by atoms with E-state index in [2.05, 4.69) is 4.98 Å². The number of aromatic nitrogens is 1. The van der Waals surface area contributed by atoms with Gasteiger partial charge in [-0.25, -0.2) is 13.8 Å². The summed E-state index contributed by atoms with van der Waals surface area (Å²) in [5.41, 5.74) is 0.448. The van der Waals surface area contributed by atoms with Gasteiger partial charge in [0.2, 0.25) is 0 Å². The quantitative estimate of drug-likeness (QED) is 0.411. The molecule has 1 N–H and O–H groups in total. The Morgan fingerprint density at radius 3 is 2.18 bits per heavy atom. The highest BCUT2D eigenvalue weighted by atomic mass is 32.1. The Hall–Kier alpha value is -3.39. The number of thiazole rings is 1. The standard InChI is InChI=1S/C20H12F2N2O3S/c21-13-5-1-11(2-6-13)16-15(17(25)12-3-7-14(22)8-4-12)18(26)19(27)24(16)20-23-9-10-28-20/h1-10,16,25H/t16-/m1/s1. The zero-order valence-electron chi connectivity index (χ0n) is 14.2. The number of carbonyl (C=O) groups excluding carboxylic acids is 2. The number of ketones is 1. The Kier molecular flexibility index (Phi) is 4.48. The van der Waals surface area contributed by atoms with Crippen molar-refractivity contribution in [3.05, 3.63) is 88.4 Å². The summed E-state index contributed by atoms with van der Waals surface area (Å²) in [6.07, 6.45) is 1.49. The highest BCUT2D eigenvalue weighted by Gasteiger charge is 2.47. The van der Waals surface area contributed by atoms with Crippen molar-refractivity contribution >= 4 is 33.9 Å². The van der Waals surface area contributed by atoms with Crippen LogP contribution in [0.3, 0.4) is 0 Å². The zero-order chi connectivity index (χ0) is 19.8. The first-order chi connectivity index (χ1) is 13.5. The van der Waals surface area contributed by atoms with Gasteiger partial charge in [0, 0.05) is 17.1 Å². The van der Waals surface area contributed by atoms with Gasteiger partial charge in [0.05, 0.1) is 11.6 Å². The van der Waals surface area contributed by atoms with E-state index in [1.807, 2.05) is 0 Å². The number of amides is 1. The number of aliphatic hydroxyl groups is 1. The van der Waals surface area contributed by atoms with Crippen LogP contribution in [-0.2, 0) is 9.59 Å². The highest BCUT2D eigenvalue weighted by Crippen LogP contribution is 2.42. The summed E-state index contributed by atoms with van der Waals surface area (Å²) in [6, 6.07) is 9.18. The van der Waals surface area contributed by atoms with E-state index in [1.165, 1.54) is 47.5 Å². The lowest BCUT2D eigenvalue weighted by atomic mass is 9.95. The molecule has 1 saturated heterocycles. The molecule has 140 valence electrons. The molecular formula is C20H12F2N2O3S. The second kappa shape index (κ2) is 6.97. The Morgan fingerprint density at radius 2 is 1.61 bits per heavy atom. The van der Waals surface area contributed by atoms with Gasteiger partial charge in [0.25, 0.3) is 5.78 Å². The topological polar surface area (TPSA) is 70.5 Å². The number of Topliss-reactive ketones (excluding diaryl/α,β-unsaturated/α-hetero) is 1. The fourth-order valence-electron chi connectivity index (χ4n) is 3.09. The first kappa shape index (κ1) is 18.0. The minimum absolute atomic E-state index is 0.168. The molecule has 1 aliphatic rings. The monoisotopic (exact) mass is 398 g/mol. The third-order valence-electron chi connectivity index (χ3n) is 4.37. The lowest BCUT2D eigenvalue weighted by molar-refractivity contribution is -0.132. The first-order valence-corrected chi connectivity index (χ1v) is 9.07. The van der Waals surface area contributed by atoms with E-state index in [4.69, 9.17) is 0 Å². The van der Waals surface area contributed by atoms with Crippen molar-refractivity contribution in [1.29, 1.82) is 0 Å². The normalized spacial score (nSPS) is 18.6. The van der Waals surface area contributed by atoms with Crippen molar-refractivity contribution < 1.29 is 23.5 Å². The van der Waals surface area contributed by atoms with E-state index in [9.17, 15) is 23.5 Å². The second-order valence-electron chi connectivity index (χ2n) is 6.04. The van der Waals surface area contributed by atoms with Gasteiger partial charge in [-0.15, -0.1) is 11.3 Å². The van der Waals surface area contributed by atoms with Crippen LogP contribution in [-0.4, -0.2) is 21.8 Å². The van der Waals surface area contributed by atoms with Crippen LogP contribution in [0.25, 0.3) is 5.76 Å². The Morgan fingerprint density at radius 1 is 1.00 bits per heavy atom. The van der Waals surface area contributed by atoms with E-state index in [-0.39, 0.29) is 16.3 Å². The zero-order valence-corrected chi connectivity index (χ0v) is 15.0. The molecule has 1 amide bonds. The van der Waals surface area contributed by atoms with Crippen molar-refractivity contribution in [3.63, 3.8) is 0 Å². The van der Waals surface area contributed by atoms with Crippen LogP contribution in [0.5, 0.6) is 0 Å². The van der Waals surface area contributed by atoms with Gasteiger partial charge in [0.1, 0.15) is 17.4 Å². The van der Waals surface area contributed by atoms with E-state index < -0.39 is 35.1 Å². The summed E-state index contributed by atoms with van der Waals surface area (Å²) in [4.78, 5) is 30.8. The van der Waals surface area contributed by atoms with E-state index in [1.54, 1.807) is 5.38 Å². The lowest BCUT2D eigenvalue weighted by Gasteiger charge is -2.22. The van der Waals surface area contributed by atoms with Crippen molar-refractivity contribution in [2.24, 2.45) is 0 Å². The fraction of sp³-hybridized carbons (Fsp3) is 0.0500. The minimum Gasteiger partial charge on any atom is -0.507 e. The molecule has 0 radical (unpaired) electrons. The Bertz CT molecular complexity index is 1080. The van der Waals surface area contributed by atoms with Crippen molar-refractivity contribution in [2.75, 3.05) is 4.90 Å². The van der Waals surface area contributed by atoms with Crippen LogP contribution < -0.4 is 4.90 Å². The average Bonchev–Trinajstić information content (AvgIpc) is 3.30. The molecule has 28 heavy (non-hydrogen) atoms. The summed E-state index contributed by atoms with van der Waals surface area (Å²) in [7, 11) is 0. The van der Waals surface area contributed by atoms with Crippen LogP contribution in [0.4, 0.5) is 13.9 Å². The number of carbonyl (C=O) groups is 2. The third kappa shape index (κ3) is 2.97. The van der Waals surface area contributed by atoms with Crippen molar-refractivity contribution in [2.45, 2.75) is 6.04 Å². The molecule has 8 heteroatoms. The molecule has 3 aromatic rings. The summed E-state index contributed by atoms with van der Waals surface area (Å²) in [5.74, 6) is -3.17. The maximum atomic E-state index is 13.4. The molecule has 1 fully saturated rings. The molecule has 5 nitrogen and oxygen atoms in total. The number of anilines is 1. The van der Waals surface area contributed by atoms with Gasteiger partial charge in [-0.2, -0.15) is 0 Å². The molecule has 2 aromatic carbocycles. The molecule has 4 rings (SSSR count). The van der Waals surface area contributed by atoms with Crippen LogP contribution in [0, 0.1) is 11.6 Å². The van der Waals surface area contributed by atoms with Gasteiger partial charge >= 0.3 is 5.91 Å². The maximum absolute atomic E-state index is 13.4. The number of benzene rings is 2. The van der Waals surface area contributed by atoms with E-state index in [0.717, 1.165) is 23.5 Å². The van der Waals surface area contributed by atoms with Gasteiger partial charge in [-0.05, 0) is 42.0 Å². The molecule has 0 saturated carbocycles. The third-order valence-corrected chi connectivity index (χ3v) is 5.14. The van der Waals surface area contributed by atoms with Gasteiger partial charge in [0.15, 0.2) is 5.13 Å². The Labute approximate surface area is 162 Å². The number of aliphatic hydroxyl groups excluding tert-OH is 1. The summed E-state index contributed by atoms with van der Waals surface area (Å²) in [6.45, 7) is 0. The predicted octanol–water partition coefficient (Wildman–Crippen LogP) is 4.05. The molecule has 0 aliphatic carbocycles. The number of nitrogens with zero attached hydrogens (tertiary/aromatic N) is 2. The first-order valence-electron chi connectivity index (χ1n) is 8.19. The number of rotatable bonds is 3. The molecule has 2 heterocycles. The number of hydrogen-bond acceptors (Lipinski definition) is 5. The summed E-state index contributed by atoms with van der Waals surface area (Å²) in [5, 5.41) is 12.7. The largest absolute Gasteiger partial charge is 0.507 e. The molecule has 0 unspecified atom stereocenters. The molecule has 0 bridgehead atoms. The van der Waals surface area contributed by atoms with Crippen LogP contribution in [0.1, 0.15) is 17.2 Å². The summed E-state index contributed by atoms with van der Waals surface area (Å²) >= 11 is 1.15. The molecule has 1 aromatic heterocycles. The lowest BCUT2D eigenvalue weighted by Crippen LogP contribution is -2.29. The van der Waals surface area contributed by atoms with Crippen molar-refractivity contribution in [1.82, 2.24) is 4.98 Å².